The Morgan fingerprint density at radius 1 is 0.750 bits per heavy atom. The number of nitrogens with zero attached hydrogens (tertiary/aromatic N) is 6. The van der Waals surface area contributed by atoms with Crippen molar-refractivity contribution in [2.75, 3.05) is 0 Å². The van der Waals surface area contributed by atoms with Crippen molar-refractivity contribution in [3.63, 3.8) is 0 Å². The highest BCUT2D eigenvalue weighted by atomic mass is 16.5. The summed E-state index contributed by atoms with van der Waals surface area (Å²) in [5.74, 6) is 0. The fourth-order valence-corrected chi connectivity index (χ4v) is 1.34. The highest BCUT2D eigenvalue weighted by Gasteiger charge is 2.10. The number of rotatable bonds is 5. The zero-order chi connectivity index (χ0) is 14.5. The molecule has 2 aromatic heterocycles. The van der Waals surface area contributed by atoms with E-state index in [1.165, 1.54) is 12.4 Å². The van der Waals surface area contributed by atoms with Crippen molar-refractivity contribution in [2.24, 2.45) is 0 Å². The third kappa shape index (κ3) is 3.81. The average Bonchev–Trinajstić information content (AvgIpc) is 2.38. The Balaban J connectivity index is 2.26. The van der Waals surface area contributed by atoms with E-state index in [0.717, 1.165) is 0 Å². The summed E-state index contributed by atoms with van der Waals surface area (Å²) in [7, 11) is 0. The fourth-order valence-electron chi connectivity index (χ4n) is 1.34. The van der Waals surface area contributed by atoms with Gasteiger partial charge >= 0.3 is 12.0 Å². The standard InChI is InChI=1S/C12H16N6O2/c1-7(2)19-11-15-9(5-13-17-11)10-6-14-18-12(16-10)20-8(3)4/h5-8H,1-4H3. The van der Waals surface area contributed by atoms with E-state index >= 15 is 0 Å². The molecule has 106 valence electrons. The van der Waals surface area contributed by atoms with Crippen LogP contribution in [0.25, 0.3) is 11.4 Å². The van der Waals surface area contributed by atoms with Crippen LogP contribution in [0, 0.1) is 0 Å². The van der Waals surface area contributed by atoms with Gasteiger partial charge in [-0.05, 0) is 27.7 Å². The molecule has 8 heteroatoms. The first-order valence-electron chi connectivity index (χ1n) is 6.27. The van der Waals surface area contributed by atoms with Gasteiger partial charge in [-0.25, -0.2) is 0 Å². The van der Waals surface area contributed by atoms with E-state index in [1.807, 2.05) is 27.7 Å². The second-order valence-corrected chi connectivity index (χ2v) is 4.58. The van der Waals surface area contributed by atoms with Gasteiger partial charge in [0.2, 0.25) is 0 Å². The number of hydrogen-bond acceptors (Lipinski definition) is 8. The van der Waals surface area contributed by atoms with E-state index < -0.39 is 0 Å². The first-order valence-corrected chi connectivity index (χ1v) is 6.27. The average molecular weight is 276 g/mol. The van der Waals surface area contributed by atoms with Crippen molar-refractivity contribution >= 4 is 0 Å². The zero-order valence-electron chi connectivity index (χ0n) is 11.8. The van der Waals surface area contributed by atoms with Gasteiger partial charge in [0.15, 0.2) is 0 Å². The summed E-state index contributed by atoms with van der Waals surface area (Å²) in [6, 6.07) is 0.393. The monoisotopic (exact) mass is 276 g/mol. The van der Waals surface area contributed by atoms with Gasteiger partial charge in [0, 0.05) is 0 Å². The maximum Gasteiger partial charge on any atom is 0.336 e. The zero-order valence-corrected chi connectivity index (χ0v) is 11.8. The van der Waals surface area contributed by atoms with Crippen LogP contribution in [0.5, 0.6) is 12.0 Å². The lowest BCUT2D eigenvalue weighted by molar-refractivity contribution is 0.218. The molecule has 2 rings (SSSR count). The lowest BCUT2D eigenvalue weighted by Crippen LogP contribution is -2.11. The van der Waals surface area contributed by atoms with E-state index in [9.17, 15) is 0 Å². The second-order valence-electron chi connectivity index (χ2n) is 4.58. The molecule has 0 spiro atoms. The molecule has 0 aliphatic heterocycles. The molecular formula is C12H16N6O2. The van der Waals surface area contributed by atoms with E-state index in [4.69, 9.17) is 9.47 Å². The summed E-state index contributed by atoms with van der Waals surface area (Å²) in [5.41, 5.74) is 0.998. The van der Waals surface area contributed by atoms with Crippen LogP contribution in [0.1, 0.15) is 27.7 Å². The summed E-state index contributed by atoms with van der Waals surface area (Å²) >= 11 is 0. The van der Waals surface area contributed by atoms with Gasteiger partial charge in [-0.1, -0.05) is 10.2 Å². The topological polar surface area (TPSA) is 95.8 Å². The first kappa shape index (κ1) is 14.0. The number of hydrogen-bond donors (Lipinski definition) is 0. The normalized spacial score (nSPS) is 10.9. The van der Waals surface area contributed by atoms with E-state index in [-0.39, 0.29) is 24.2 Å². The van der Waals surface area contributed by atoms with Gasteiger partial charge in [-0.15, -0.1) is 0 Å². The third-order valence-corrected chi connectivity index (χ3v) is 2.02. The predicted molar refractivity (Wildman–Crippen MR) is 70.2 cm³/mol. The van der Waals surface area contributed by atoms with E-state index in [2.05, 4.69) is 30.4 Å². The van der Waals surface area contributed by atoms with Crippen LogP contribution in [0.4, 0.5) is 0 Å². The summed E-state index contributed by atoms with van der Waals surface area (Å²) < 4.78 is 10.8. The highest BCUT2D eigenvalue weighted by Crippen LogP contribution is 2.16. The van der Waals surface area contributed by atoms with Crippen LogP contribution in [0.2, 0.25) is 0 Å². The van der Waals surface area contributed by atoms with Crippen LogP contribution in [-0.2, 0) is 0 Å². The van der Waals surface area contributed by atoms with Gasteiger partial charge < -0.3 is 9.47 Å². The van der Waals surface area contributed by atoms with Crippen molar-refractivity contribution < 1.29 is 9.47 Å². The second kappa shape index (κ2) is 6.18. The lowest BCUT2D eigenvalue weighted by Gasteiger charge is -2.08. The van der Waals surface area contributed by atoms with Gasteiger partial charge in [-0.2, -0.15) is 20.2 Å². The highest BCUT2D eigenvalue weighted by molar-refractivity contribution is 5.51. The SMILES string of the molecule is CC(C)Oc1nncc(-c2cnnc(OC(C)C)n2)n1. The minimum atomic E-state index is -0.0320. The molecule has 2 aromatic rings. The summed E-state index contributed by atoms with van der Waals surface area (Å²) in [6.07, 6.45) is 2.90. The molecule has 0 aliphatic rings. The van der Waals surface area contributed by atoms with Crippen LogP contribution in [-0.4, -0.2) is 42.6 Å². The summed E-state index contributed by atoms with van der Waals surface area (Å²) in [4.78, 5) is 8.44. The van der Waals surface area contributed by atoms with Crippen molar-refractivity contribution in [1.29, 1.82) is 0 Å². The molecular weight excluding hydrogens is 260 g/mol. The Labute approximate surface area is 116 Å². The maximum atomic E-state index is 5.39. The minimum absolute atomic E-state index is 0.0320. The minimum Gasteiger partial charge on any atom is -0.460 e. The van der Waals surface area contributed by atoms with Crippen molar-refractivity contribution in [2.45, 2.75) is 39.9 Å². The summed E-state index contributed by atoms with van der Waals surface area (Å²) in [5, 5.41) is 15.3. The molecule has 0 N–H and O–H groups in total. The number of aromatic nitrogens is 6. The number of ether oxygens (including phenoxy) is 2. The molecule has 0 unspecified atom stereocenters. The predicted octanol–water partition coefficient (Wildman–Crippen LogP) is 1.30. The molecule has 0 amide bonds. The maximum absolute atomic E-state index is 5.39. The van der Waals surface area contributed by atoms with E-state index in [1.54, 1.807) is 0 Å². The molecule has 8 nitrogen and oxygen atoms in total. The quantitative estimate of drug-likeness (QED) is 0.806. The molecule has 0 saturated heterocycles. The van der Waals surface area contributed by atoms with Gasteiger partial charge in [-0.3, -0.25) is 0 Å². The first-order chi connectivity index (χ1) is 9.54. The Morgan fingerprint density at radius 3 is 1.50 bits per heavy atom. The fraction of sp³-hybridized carbons (Fsp3) is 0.500. The van der Waals surface area contributed by atoms with Gasteiger partial charge in [0.05, 0.1) is 24.6 Å². The molecule has 20 heavy (non-hydrogen) atoms. The molecule has 0 aliphatic carbocycles. The Kier molecular flexibility index (Phi) is 4.34. The van der Waals surface area contributed by atoms with E-state index in [0.29, 0.717) is 11.4 Å². The largest absolute Gasteiger partial charge is 0.460 e. The van der Waals surface area contributed by atoms with Gasteiger partial charge in [0.25, 0.3) is 0 Å². The van der Waals surface area contributed by atoms with Crippen LogP contribution in [0.15, 0.2) is 12.4 Å². The molecule has 2 heterocycles. The molecule has 0 saturated carbocycles. The molecule has 0 fully saturated rings. The van der Waals surface area contributed by atoms with Crippen molar-refractivity contribution in [3.05, 3.63) is 12.4 Å². The molecule has 0 aromatic carbocycles. The Morgan fingerprint density at radius 2 is 1.15 bits per heavy atom. The molecule has 0 bridgehead atoms. The van der Waals surface area contributed by atoms with Gasteiger partial charge in [0.1, 0.15) is 11.4 Å². The van der Waals surface area contributed by atoms with Crippen LogP contribution in [0.3, 0.4) is 0 Å². The Hall–Kier alpha value is -2.38. The third-order valence-electron chi connectivity index (χ3n) is 2.02. The Bertz CT molecular complexity index is 524. The van der Waals surface area contributed by atoms with Crippen molar-refractivity contribution in [3.8, 4) is 23.4 Å². The van der Waals surface area contributed by atoms with Crippen LogP contribution < -0.4 is 9.47 Å². The molecule has 0 radical (unpaired) electrons. The molecule has 0 atom stereocenters. The summed E-state index contributed by atoms with van der Waals surface area (Å²) in [6.45, 7) is 7.54. The lowest BCUT2D eigenvalue weighted by atomic mass is 10.3. The van der Waals surface area contributed by atoms with Crippen molar-refractivity contribution in [1.82, 2.24) is 30.4 Å². The van der Waals surface area contributed by atoms with Crippen LogP contribution >= 0.6 is 0 Å². The smallest absolute Gasteiger partial charge is 0.336 e.